The zero-order chi connectivity index (χ0) is 9.14. The third kappa shape index (κ3) is 1.58. The average molecular weight is 176 g/mol. The minimum Gasteiger partial charge on any atom is -0.307 e. The molecule has 0 bridgehead atoms. The van der Waals surface area contributed by atoms with Gasteiger partial charge < -0.3 is 5.32 Å². The standard InChI is InChI=1S/C6H10F2N4/c1-9-5(6(7)8)4-3-10-11-12(4)2/h3,5-6,9H,1-2H3. The van der Waals surface area contributed by atoms with Crippen LogP contribution < -0.4 is 5.32 Å². The first-order valence-corrected chi connectivity index (χ1v) is 3.46. The van der Waals surface area contributed by atoms with Crippen molar-refractivity contribution < 1.29 is 8.78 Å². The van der Waals surface area contributed by atoms with Gasteiger partial charge in [-0.15, -0.1) is 5.10 Å². The highest BCUT2D eigenvalue weighted by Crippen LogP contribution is 2.17. The van der Waals surface area contributed by atoms with Gasteiger partial charge in [0.2, 0.25) is 0 Å². The van der Waals surface area contributed by atoms with Gasteiger partial charge in [-0.1, -0.05) is 5.21 Å². The molecule has 0 spiro atoms. The van der Waals surface area contributed by atoms with E-state index < -0.39 is 12.5 Å². The number of hydrogen-bond acceptors (Lipinski definition) is 3. The number of aryl methyl sites for hydroxylation is 1. The number of nitrogens with one attached hydrogen (secondary N) is 1. The molecule has 6 heteroatoms. The molecule has 1 atom stereocenters. The Bertz CT molecular complexity index is 247. The summed E-state index contributed by atoms with van der Waals surface area (Å²) in [6, 6.07) is -0.995. The van der Waals surface area contributed by atoms with Crippen LogP contribution in [-0.2, 0) is 7.05 Å². The summed E-state index contributed by atoms with van der Waals surface area (Å²) < 4.78 is 25.9. The Balaban J connectivity index is 2.87. The molecule has 0 aliphatic rings. The quantitative estimate of drug-likeness (QED) is 0.722. The van der Waals surface area contributed by atoms with Gasteiger partial charge in [0.25, 0.3) is 6.43 Å². The highest BCUT2D eigenvalue weighted by atomic mass is 19.3. The predicted molar refractivity (Wildman–Crippen MR) is 38.8 cm³/mol. The minimum atomic E-state index is -2.45. The molecule has 1 aromatic heterocycles. The van der Waals surface area contributed by atoms with E-state index >= 15 is 0 Å². The average Bonchev–Trinajstić information content (AvgIpc) is 2.38. The molecular weight excluding hydrogens is 166 g/mol. The van der Waals surface area contributed by atoms with Gasteiger partial charge in [-0.3, -0.25) is 4.68 Å². The van der Waals surface area contributed by atoms with E-state index in [-0.39, 0.29) is 0 Å². The lowest BCUT2D eigenvalue weighted by atomic mass is 10.2. The molecule has 1 aromatic rings. The fourth-order valence-electron chi connectivity index (χ4n) is 0.982. The van der Waals surface area contributed by atoms with E-state index in [0.717, 1.165) is 0 Å². The van der Waals surface area contributed by atoms with Gasteiger partial charge in [-0.25, -0.2) is 8.78 Å². The van der Waals surface area contributed by atoms with Crippen LogP contribution in [0, 0.1) is 0 Å². The van der Waals surface area contributed by atoms with Crippen LogP contribution in [0.25, 0.3) is 0 Å². The van der Waals surface area contributed by atoms with E-state index in [4.69, 9.17) is 0 Å². The van der Waals surface area contributed by atoms with Crippen molar-refractivity contribution in [3.63, 3.8) is 0 Å². The summed E-state index contributed by atoms with van der Waals surface area (Å²) in [7, 11) is 3.05. The first kappa shape index (κ1) is 9.05. The Hall–Kier alpha value is -1.04. The summed E-state index contributed by atoms with van der Waals surface area (Å²) in [5.41, 5.74) is 0.382. The highest BCUT2D eigenvalue weighted by Gasteiger charge is 2.23. The maximum absolute atomic E-state index is 12.3. The van der Waals surface area contributed by atoms with Gasteiger partial charge in [-0.2, -0.15) is 0 Å². The summed E-state index contributed by atoms with van der Waals surface area (Å²) in [4.78, 5) is 0. The van der Waals surface area contributed by atoms with E-state index in [0.29, 0.717) is 5.69 Å². The highest BCUT2D eigenvalue weighted by molar-refractivity contribution is 5.02. The Kier molecular flexibility index (Phi) is 2.69. The maximum Gasteiger partial charge on any atom is 0.259 e. The third-order valence-corrected chi connectivity index (χ3v) is 1.63. The van der Waals surface area contributed by atoms with Crippen LogP contribution in [0.15, 0.2) is 6.20 Å². The molecule has 1 rings (SSSR count). The summed E-state index contributed by atoms with van der Waals surface area (Å²) in [5.74, 6) is 0. The van der Waals surface area contributed by atoms with E-state index in [1.54, 1.807) is 7.05 Å². The SMILES string of the molecule is CNC(c1cnnn1C)C(F)F. The second-order valence-electron chi connectivity index (χ2n) is 2.38. The van der Waals surface area contributed by atoms with Crippen molar-refractivity contribution >= 4 is 0 Å². The van der Waals surface area contributed by atoms with E-state index in [2.05, 4.69) is 15.6 Å². The largest absolute Gasteiger partial charge is 0.307 e. The predicted octanol–water partition coefficient (Wildman–Crippen LogP) is 0.341. The smallest absolute Gasteiger partial charge is 0.259 e. The fraction of sp³-hybridized carbons (Fsp3) is 0.667. The summed E-state index contributed by atoms with van der Waals surface area (Å²) in [6.45, 7) is 0. The molecule has 0 saturated heterocycles. The van der Waals surface area contributed by atoms with Crippen molar-refractivity contribution in [1.29, 1.82) is 0 Å². The minimum absolute atomic E-state index is 0.382. The first-order valence-electron chi connectivity index (χ1n) is 3.46. The molecule has 12 heavy (non-hydrogen) atoms. The lowest BCUT2D eigenvalue weighted by molar-refractivity contribution is 0.0986. The second-order valence-corrected chi connectivity index (χ2v) is 2.38. The first-order chi connectivity index (χ1) is 5.66. The number of aromatic nitrogens is 3. The lowest BCUT2D eigenvalue weighted by Crippen LogP contribution is -2.25. The zero-order valence-electron chi connectivity index (χ0n) is 6.83. The molecule has 4 nitrogen and oxygen atoms in total. The molecule has 0 aliphatic heterocycles. The van der Waals surface area contributed by atoms with Crippen molar-refractivity contribution in [2.75, 3.05) is 7.05 Å². The van der Waals surface area contributed by atoms with Crippen LogP contribution in [0.1, 0.15) is 11.7 Å². The van der Waals surface area contributed by atoms with Crippen LogP contribution in [0.4, 0.5) is 8.78 Å². The molecule has 0 fully saturated rings. The Morgan fingerprint density at radius 1 is 1.58 bits per heavy atom. The van der Waals surface area contributed by atoms with E-state index in [1.165, 1.54) is 17.9 Å². The second kappa shape index (κ2) is 3.57. The van der Waals surface area contributed by atoms with Gasteiger partial charge in [-0.05, 0) is 7.05 Å². The van der Waals surface area contributed by atoms with E-state index in [9.17, 15) is 8.78 Å². The maximum atomic E-state index is 12.3. The summed E-state index contributed by atoms with van der Waals surface area (Å²) in [6.07, 6.45) is -1.12. The normalized spacial score (nSPS) is 13.8. The van der Waals surface area contributed by atoms with Crippen LogP contribution >= 0.6 is 0 Å². The fourth-order valence-corrected chi connectivity index (χ4v) is 0.982. The van der Waals surface area contributed by atoms with Gasteiger partial charge in [0.15, 0.2) is 0 Å². The number of alkyl halides is 2. The monoisotopic (exact) mass is 176 g/mol. The molecule has 0 aromatic carbocycles. The van der Waals surface area contributed by atoms with Crippen molar-refractivity contribution in [2.45, 2.75) is 12.5 Å². The van der Waals surface area contributed by atoms with Crippen molar-refractivity contribution in [3.05, 3.63) is 11.9 Å². The topological polar surface area (TPSA) is 42.7 Å². The van der Waals surface area contributed by atoms with Crippen molar-refractivity contribution in [1.82, 2.24) is 20.3 Å². The Labute approximate surface area is 68.6 Å². The van der Waals surface area contributed by atoms with Crippen LogP contribution in [-0.4, -0.2) is 28.5 Å². The van der Waals surface area contributed by atoms with Gasteiger partial charge in [0.05, 0.1) is 11.9 Å². The Morgan fingerprint density at radius 2 is 2.25 bits per heavy atom. The molecular formula is C6H10F2N4. The molecule has 0 radical (unpaired) electrons. The lowest BCUT2D eigenvalue weighted by Gasteiger charge is -2.13. The molecule has 0 aliphatic carbocycles. The van der Waals surface area contributed by atoms with Gasteiger partial charge in [0, 0.05) is 7.05 Å². The number of halogens is 2. The third-order valence-electron chi connectivity index (χ3n) is 1.63. The molecule has 1 unspecified atom stereocenters. The summed E-state index contributed by atoms with van der Waals surface area (Å²) >= 11 is 0. The Morgan fingerprint density at radius 3 is 2.58 bits per heavy atom. The van der Waals surface area contributed by atoms with Crippen LogP contribution in [0.3, 0.4) is 0 Å². The van der Waals surface area contributed by atoms with E-state index in [1.807, 2.05) is 0 Å². The number of rotatable bonds is 3. The molecule has 0 amide bonds. The number of hydrogen-bond donors (Lipinski definition) is 1. The van der Waals surface area contributed by atoms with Gasteiger partial charge in [0.1, 0.15) is 6.04 Å². The molecule has 68 valence electrons. The van der Waals surface area contributed by atoms with Gasteiger partial charge >= 0.3 is 0 Å². The van der Waals surface area contributed by atoms with Crippen molar-refractivity contribution in [2.24, 2.45) is 7.05 Å². The van der Waals surface area contributed by atoms with Crippen LogP contribution in [0.5, 0.6) is 0 Å². The van der Waals surface area contributed by atoms with Crippen molar-refractivity contribution in [3.8, 4) is 0 Å². The molecule has 1 N–H and O–H groups in total. The zero-order valence-corrected chi connectivity index (χ0v) is 6.83. The molecule has 1 heterocycles. The van der Waals surface area contributed by atoms with Crippen LogP contribution in [0.2, 0.25) is 0 Å². The molecule has 0 saturated carbocycles. The summed E-state index contributed by atoms with van der Waals surface area (Å²) in [5, 5.41) is 9.57. The number of nitrogens with zero attached hydrogens (tertiary/aromatic N) is 3.